The average molecular weight is 340 g/mol. The van der Waals surface area contributed by atoms with Crippen molar-refractivity contribution in [2.24, 2.45) is 11.7 Å². The summed E-state index contributed by atoms with van der Waals surface area (Å²) in [5.41, 5.74) is 7.34. The Balaban J connectivity index is 2.12. The van der Waals surface area contributed by atoms with Crippen LogP contribution in [-0.2, 0) is 6.42 Å². The summed E-state index contributed by atoms with van der Waals surface area (Å²) in [4.78, 5) is 0. The highest BCUT2D eigenvalue weighted by Gasteiger charge is 2.22. The number of benzene rings is 1. The van der Waals surface area contributed by atoms with Gasteiger partial charge in [-0.3, -0.25) is 0 Å². The molecule has 2 nitrogen and oxygen atoms in total. The van der Waals surface area contributed by atoms with E-state index >= 15 is 0 Å². The molecular formula is C17H26BrNO. The van der Waals surface area contributed by atoms with Crippen LogP contribution in [0.4, 0.5) is 0 Å². The van der Waals surface area contributed by atoms with Crippen molar-refractivity contribution in [3.8, 4) is 5.75 Å². The van der Waals surface area contributed by atoms with E-state index in [-0.39, 0.29) is 6.04 Å². The van der Waals surface area contributed by atoms with Crippen LogP contribution >= 0.6 is 15.9 Å². The molecule has 20 heavy (non-hydrogen) atoms. The predicted octanol–water partition coefficient (Wildman–Crippen LogP) is 4.69. The molecule has 2 rings (SSSR count). The van der Waals surface area contributed by atoms with E-state index < -0.39 is 0 Å². The van der Waals surface area contributed by atoms with Crippen molar-refractivity contribution in [2.75, 3.05) is 0 Å². The highest BCUT2D eigenvalue weighted by atomic mass is 79.9. The first-order valence-electron chi connectivity index (χ1n) is 7.79. The molecule has 3 unspecified atom stereocenters. The molecule has 0 aromatic heterocycles. The number of rotatable bonds is 5. The molecule has 0 amide bonds. The van der Waals surface area contributed by atoms with Crippen molar-refractivity contribution in [2.45, 2.75) is 64.5 Å². The lowest BCUT2D eigenvalue weighted by Crippen LogP contribution is -2.26. The smallest absolute Gasteiger partial charge is 0.137 e. The van der Waals surface area contributed by atoms with E-state index in [0.717, 1.165) is 29.0 Å². The molecule has 1 aromatic carbocycles. The normalized spacial score (nSPS) is 24.4. The molecule has 1 saturated carbocycles. The number of hydrogen-bond acceptors (Lipinski definition) is 2. The minimum atomic E-state index is 0.205. The third kappa shape index (κ3) is 4.23. The van der Waals surface area contributed by atoms with E-state index in [1.165, 1.54) is 31.2 Å². The first-order chi connectivity index (χ1) is 9.60. The Labute approximate surface area is 131 Å². The van der Waals surface area contributed by atoms with E-state index in [0.29, 0.717) is 6.10 Å². The lowest BCUT2D eigenvalue weighted by Gasteiger charge is -2.29. The van der Waals surface area contributed by atoms with Gasteiger partial charge in [0, 0.05) is 6.04 Å². The molecule has 112 valence electrons. The minimum absolute atomic E-state index is 0.205. The number of halogens is 1. The Bertz CT molecular complexity index is 435. The highest BCUT2D eigenvalue weighted by molar-refractivity contribution is 9.10. The molecule has 0 spiro atoms. The van der Waals surface area contributed by atoms with Crippen LogP contribution in [0.25, 0.3) is 0 Å². The molecule has 1 aliphatic carbocycles. The molecule has 1 fully saturated rings. The van der Waals surface area contributed by atoms with Crippen LogP contribution < -0.4 is 10.5 Å². The Morgan fingerprint density at radius 3 is 2.90 bits per heavy atom. The first kappa shape index (κ1) is 15.8. The fraction of sp³-hybridized carbons (Fsp3) is 0.647. The summed E-state index contributed by atoms with van der Waals surface area (Å²) in [6.07, 6.45) is 7.18. The van der Waals surface area contributed by atoms with Gasteiger partial charge in [-0.1, -0.05) is 32.4 Å². The van der Waals surface area contributed by atoms with Crippen molar-refractivity contribution in [1.29, 1.82) is 0 Å². The lowest BCUT2D eigenvalue weighted by atomic mass is 9.88. The van der Waals surface area contributed by atoms with Crippen molar-refractivity contribution < 1.29 is 4.74 Å². The zero-order chi connectivity index (χ0) is 14.5. The fourth-order valence-corrected chi connectivity index (χ4v) is 3.43. The highest BCUT2D eigenvalue weighted by Crippen LogP contribution is 2.34. The molecule has 0 radical (unpaired) electrons. The van der Waals surface area contributed by atoms with E-state index in [2.05, 4.69) is 48.0 Å². The van der Waals surface area contributed by atoms with Gasteiger partial charge in [0.2, 0.25) is 0 Å². The second-order valence-electron chi connectivity index (χ2n) is 6.11. The van der Waals surface area contributed by atoms with Gasteiger partial charge in [0.15, 0.2) is 0 Å². The maximum absolute atomic E-state index is 6.33. The van der Waals surface area contributed by atoms with E-state index in [1.807, 2.05) is 0 Å². The summed E-state index contributed by atoms with van der Waals surface area (Å²) in [6, 6.07) is 6.47. The molecule has 2 N–H and O–H groups in total. The topological polar surface area (TPSA) is 35.2 Å². The van der Waals surface area contributed by atoms with E-state index in [1.54, 1.807) is 0 Å². The van der Waals surface area contributed by atoms with Gasteiger partial charge < -0.3 is 10.5 Å². The van der Waals surface area contributed by atoms with E-state index in [9.17, 15) is 0 Å². The van der Waals surface area contributed by atoms with Gasteiger partial charge in [0.25, 0.3) is 0 Å². The van der Waals surface area contributed by atoms with Gasteiger partial charge in [0.1, 0.15) is 5.75 Å². The summed E-state index contributed by atoms with van der Waals surface area (Å²) >= 11 is 3.64. The molecule has 0 aliphatic heterocycles. The van der Waals surface area contributed by atoms with Crippen LogP contribution in [0.15, 0.2) is 22.7 Å². The standard InChI is InChI=1S/C17H26BrNO/c1-3-14(19)11-13-7-5-9-16(18)17(13)20-15-8-4-6-12(2)10-15/h5,7,9,12,14-15H,3-4,6,8,10-11,19H2,1-2H3. The monoisotopic (exact) mass is 339 g/mol. The lowest BCUT2D eigenvalue weighted by molar-refractivity contribution is 0.127. The van der Waals surface area contributed by atoms with Crippen LogP contribution in [-0.4, -0.2) is 12.1 Å². The maximum Gasteiger partial charge on any atom is 0.137 e. The quantitative estimate of drug-likeness (QED) is 0.844. The van der Waals surface area contributed by atoms with Gasteiger partial charge in [-0.2, -0.15) is 0 Å². The van der Waals surface area contributed by atoms with E-state index in [4.69, 9.17) is 10.5 Å². The van der Waals surface area contributed by atoms with Gasteiger partial charge in [-0.15, -0.1) is 0 Å². The molecule has 1 aromatic rings. The summed E-state index contributed by atoms with van der Waals surface area (Å²) < 4.78 is 7.38. The molecule has 0 bridgehead atoms. The van der Waals surface area contributed by atoms with Crippen LogP contribution in [0, 0.1) is 5.92 Å². The zero-order valence-electron chi connectivity index (χ0n) is 12.6. The maximum atomic E-state index is 6.33. The Morgan fingerprint density at radius 1 is 1.40 bits per heavy atom. The Hall–Kier alpha value is -0.540. The minimum Gasteiger partial charge on any atom is -0.489 e. The second-order valence-corrected chi connectivity index (χ2v) is 6.97. The van der Waals surface area contributed by atoms with Crippen molar-refractivity contribution in [3.05, 3.63) is 28.2 Å². The zero-order valence-corrected chi connectivity index (χ0v) is 14.2. The number of ether oxygens (including phenoxy) is 1. The van der Waals surface area contributed by atoms with Crippen molar-refractivity contribution in [3.63, 3.8) is 0 Å². The molecule has 0 saturated heterocycles. The summed E-state index contributed by atoms with van der Waals surface area (Å²) in [5.74, 6) is 1.79. The number of para-hydroxylation sites is 1. The SMILES string of the molecule is CCC(N)Cc1cccc(Br)c1OC1CCCC(C)C1. The molecule has 3 heteroatoms. The number of hydrogen-bond donors (Lipinski definition) is 1. The third-order valence-corrected chi connectivity index (χ3v) is 4.85. The second kappa shape index (κ2) is 7.46. The third-order valence-electron chi connectivity index (χ3n) is 4.23. The first-order valence-corrected chi connectivity index (χ1v) is 8.59. The van der Waals surface area contributed by atoms with Crippen molar-refractivity contribution in [1.82, 2.24) is 0 Å². The van der Waals surface area contributed by atoms with Crippen LogP contribution in [0.2, 0.25) is 0 Å². The summed E-state index contributed by atoms with van der Waals surface area (Å²) in [6.45, 7) is 4.45. The molecule has 3 atom stereocenters. The molecule has 1 aliphatic rings. The van der Waals surface area contributed by atoms with Gasteiger partial charge in [-0.05, 0) is 65.6 Å². The fourth-order valence-electron chi connectivity index (χ4n) is 2.93. The van der Waals surface area contributed by atoms with Gasteiger partial charge in [-0.25, -0.2) is 0 Å². The van der Waals surface area contributed by atoms with Crippen molar-refractivity contribution >= 4 is 15.9 Å². The Morgan fingerprint density at radius 2 is 2.20 bits per heavy atom. The average Bonchev–Trinajstić information content (AvgIpc) is 2.42. The van der Waals surface area contributed by atoms with Crippen LogP contribution in [0.5, 0.6) is 5.75 Å². The number of nitrogens with two attached hydrogens (primary N) is 1. The summed E-state index contributed by atoms with van der Waals surface area (Å²) in [7, 11) is 0. The van der Waals surface area contributed by atoms with Crippen LogP contribution in [0.3, 0.4) is 0 Å². The molecular weight excluding hydrogens is 314 g/mol. The largest absolute Gasteiger partial charge is 0.489 e. The van der Waals surface area contributed by atoms with Gasteiger partial charge in [0.05, 0.1) is 10.6 Å². The Kier molecular flexibility index (Phi) is 5.91. The van der Waals surface area contributed by atoms with Gasteiger partial charge >= 0.3 is 0 Å². The predicted molar refractivity (Wildman–Crippen MR) is 88.2 cm³/mol. The molecule has 0 heterocycles. The summed E-state index contributed by atoms with van der Waals surface area (Å²) in [5, 5.41) is 0. The van der Waals surface area contributed by atoms with Crippen LogP contribution in [0.1, 0.15) is 51.5 Å².